The lowest BCUT2D eigenvalue weighted by Gasteiger charge is -2.17. The predicted octanol–water partition coefficient (Wildman–Crippen LogP) is -0.0799. The number of hydrogen-bond donors (Lipinski definition) is 2. The van der Waals surface area contributed by atoms with E-state index < -0.39 is 17.4 Å². The molecule has 3 N–H and O–H groups in total. The van der Waals surface area contributed by atoms with Gasteiger partial charge < -0.3 is 10.8 Å². The van der Waals surface area contributed by atoms with Crippen molar-refractivity contribution in [1.29, 1.82) is 0 Å². The van der Waals surface area contributed by atoms with E-state index in [2.05, 4.69) is 9.97 Å². The van der Waals surface area contributed by atoms with E-state index in [0.29, 0.717) is 5.82 Å². The number of rotatable bonds is 3. The van der Waals surface area contributed by atoms with Crippen LogP contribution < -0.4 is 5.73 Å². The summed E-state index contributed by atoms with van der Waals surface area (Å²) in [4.78, 5) is 18.9. The zero-order chi connectivity index (χ0) is 10.2. The number of hydrogen-bond acceptors (Lipinski definition) is 4. The molecule has 1 atom stereocenters. The average molecular weight is 193 g/mol. The molecule has 74 valence electrons. The molecule has 0 radical (unpaired) electrons. The predicted molar refractivity (Wildman–Crippen MR) is 48.6 cm³/mol. The van der Waals surface area contributed by atoms with E-state index in [1.54, 1.807) is 18.5 Å². The number of carboxylic acid groups (broad SMARTS) is 1. The van der Waals surface area contributed by atoms with Crippen LogP contribution >= 0.6 is 0 Å². The van der Waals surface area contributed by atoms with Crippen LogP contribution in [0, 0.1) is 0 Å². The quantitative estimate of drug-likeness (QED) is 0.700. The van der Waals surface area contributed by atoms with Gasteiger partial charge in [-0.15, -0.1) is 0 Å². The summed E-state index contributed by atoms with van der Waals surface area (Å²) in [6.07, 6.45) is 4.73. The van der Waals surface area contributed by atoms with Gasteiger partial charge in [0, 0.05) is 12.4 Å². The minimum Gasteiger partial charge on any atom is -0.480 e. The summed E-state index contributed by atoms with van der Waals surface area (Å²) in [6.45, 7) is 0. The Balaban J connectivity index is 2.30. The lowest BCUT2D eigenvalue weighted by Crippen LogP contribution is -2.42. The summed E-state index contributed by atoms with van der Waals surface area (Å²) in [5.41, 5.74) is 5.09. The third kappa shape index (κ3) is 1.26. The fourth-order valence-corrected chi connectivity index (χ4v) is 1.60. The van der Waals surface area contributed by atoms with Crippen molar-refractivity contribution in [3.8, 4) is 0 Å². The van der Waals surface area contributed by atoms with E-state index in [9.17, 15) is 4.79 Å². The van der Waals surface area contributed by atoms with Crippen molar-refractivity contribution in [3.05, 3.63) is 24.3 Å². The fourth-order valence-electron chi connectivity index (χ4n) is 1.60. The van der Waals surface area contributed by atoms with E-state index in [1.807, 2.05) is 0 Å². The highest BCUT2D eigenvalue weighted by Gasteiger charge is 2.54. The number of nitrogens with zero attached hydrogens (tertiary/aromatic N) is 2. The molecule has 0 aliphatic heterocycles. The molecule has 1 aliphatic rings. The van der Waals surface area contributed by atoms with Gasteiger partial charge in [-0.05, 0) is 18.9 Å². The Kier molecular flexibility index (Phi) is 1.96. The molecule has 0 amide bonds. The van der Waals surface area contributed by atoms with Crippen LogP contribution in [0.5, 0.6) is 0 Å². The van der Waals surface area contributed by atoms with Gasteiger partial charge >= 0.3 is 5.97 Å². The maximum absolute atomic E-state index is 10.8. The van der Waals surface area contributed by atoms with Crippen LogP contribution in [0.15, 0.2) is 18.5 Å². The first-order valence-electron chi connectivity index (χ1n) is 4.43. The van der Waals surface area contributed by atoms with Crippen LogP contribution in [0.25, 0.3) is 0 Å². The molecule has 2 rings (SSSR count). The molecule has 0 spiro atoms. The monoisotopic (exact) mass is 193 g/mol. The summed E-state index contributed by atoms with van der Waals surface area (Å²) >= 11 is 0. The van der Waals surface area contributed by atoms with Gasteiger partial charge in [0.1, 0.15) is 11.9 Å². The Morgan fingerprint density at radius 3 is 2.50 bits per heavy atom. The maximum atomic E-state index is 10.8. The third-order valence-electron chi connectivity index (χ3n) is 2.66. The number of aliphatic carboxylic acids is 1. The Hall–Kier alpha value is -1.49. The highest BCUT2D eigenvalue weighted by atomic mass is 16.4. The molecule has 1 aromatic rings. The van der Waals surface area contributed by atoms with Gasteiger partial charge in [0.15, 0.2) is 0 Å². The smallest absolute Gasteiger partial charge is 0.321 e. The molecular weight excluding hydrogens is 182 g/mol. The molecule has 1 saturated carbocycles. The molecule has 0 bridgehead atoms. The summed E-state index contributed by atoms with van der Waals surface area (Å²) in [5.74, 6) is -0.440. The molecule has 1 aliphatic carbocycles. The topological polar surface area (TPSA) is 89.1 Å². The van der Waals surface area contributed by atoms with Crippen LogP contribution in [0.4, 0.5) is 0 Å². The molecule has 0 aromatic carbocycles. The summed E-state index contributed by atoms with van der Waals surface area (Å²) < 4.78 is 0. The molecule has 1 heterocycles. The largest absolute Gasteiger partial charge is 0.480 e. The number of carboxylic acids is 1. The third-order valence-corrected chi connectivity index (χ3v) is 2.66. The first kappa shape index (κ1) is 9.08. The fraction of sp³-hybridized carbons (Fsp3) is 0.444. The number of carbonyl (C=O) groups is 1. The van der Waals surface area contributed by atoms with Gasteiger partial charge in [-0.25, -0.2) is 9.97 Å². The lowest BCUT2D eigenvalue weighted by atomic mass is 9.96. The Morgan fingerprint density at radius 1 is 1.50 bits per heavy atom. The van der Waals surface area contributed by atoms with E-state index in [1.165, 1.54) is 0 Å². The van der Waals surface area contributed by atoms with Crippen molar-refractivity contribution in [2.24, 2.45) is 5.73 Å². The minimum absolute atomic E-state index is 0.521. The van der Waals surface area contributed by atoms with Gasteiger partial charge in [-0.2, -0.15) is 0 Å². The van der Waals surface area contributed by atoms with Crippen molar-refractivity contribution in [3.63, 3.8) is 0 Å². The van der Waals surface area contributed by atoms with Gasteiger partial charge in [0.2, 0.25) is 0 Å². The summed E-state index contributed by atoms with van der Waals surface area (Å²) in [7, 11) is 0. The van der Waals surface area contributed by atoms with E-state index in [-0.39, 0.29) is 0 Å². The van der Waals surface area contributed by atoms with Crippen LogP contribution in [0.3, 0.4) is 0 Å². The Labute approximate surface area is 81.0 Å². The minimum atomic E-state index is -0.991. The summed E-state index contributed by atoms with van der Waals surface area (Å²) in [5, 5.41) is 8.84. The molecule has 0 saturated heterocycles. The van der Waals surface area contributed by atoms with E-state index in [4.69, 9.17) is 10.8 Å². The van der Waals surface area contributed by atoms with Crippen molar-refractivity contribution < 1.29 is 9.90 Å². The Bertz CT molecular complexity index is 348. The standard InChI is InChI=1S/C9H11N3O2/c10-6(7(13)14)9(2-3-9)8-11-4-1-5-12-8/h1,4-6H,2-3,10H2,(H,13,14). The highest BCUT2D eigenvalue weighted by molar-refractivity contribution is 5.76. The number of aromatic nitrogens is 2. The molecule has 14 heavy (non-hydrogen) atoms. The van der Waals surface area contributed by atoms with Gasteiger partial charge in [0.05, 0.1) is 5.41 Å². The highest BCUT2D eigenvalue weighted by Crippen LogP contribution is 2.48. The van der Waals surface area contributed by atoms with Crippen LogP contribution in [-0.2, 0) is 10.2 Å². The molecule has 5 heteroatoms. The van der Waals surface area contributed by atoms with E-state index in [0.717, 1.165) is 12.8 Å². The van der Waals surface area contributed by atoms with Gasteiger partial charge in [-0.3, -0.25) is 4.79 Å². The zero-order valence-corrected chi connectivity index (χ0v) is 7.55. The lowest BCUT2D eigenvalue weighted by molar-refractivity contribution is -0.139. The van der Waals surface area contributed by atoms with Crippen LogP contribution in [0.2, 0.25) is 0 Å². The molecule has 1 aromatic heterocycles. The molecular formula is C9H11N3O2. The van der Waals surface area contributed by atoms with Crippen molar-refractivity contribution in [2.45, 2.75) is 24.3 Å². The van der Waals surface area contributed by atoms with E-state index >= 15 is 0 Å². The van der Waals surface area contributed by atoms with Gasteiger partial charge in [-0.1, -0.05) is 0 Å². The average Bonchev–Trinajstić information content (AvgIpc) is 2.99. The first-order chi connectivity index (χ1) is 6.67. The zero-order valence-electron chi connectivity index (χ0n) is 7.55. The second kappa shape index (κ2) is 3.02. The Morgan fingerprint density at radius 2 is 2.07 bits per heavy atom. The summed E-state index contributed by atoms with van der Waals surface area (Å²) in [6, 6.07) is 0.802. The number of nitrogens with two attached hydrogens (primary N) is 1. The SMILES string of the molecule is NC(C(=O)O)C1(c2ncccn2)CC1. The van der Waals surface area contributed by atoms with Crippen molar-refractivity contribution >= 4 is 5.97 Å². The molecule has 1 fully saturated rings. The second-order valence-corrected chi connectivity index (χ2v) is 3.54. The van der Waals surface area contributed by atoms with Crippen LogP contribution in [0.1, 0.15) is 18.7 Å². The second-order valence-electron chi connectivity index (χ2n) is 3.54. The maximum Gasteiger partial charge on any atom is 0.321 e. The van der Waals surface area contributed by atoms with Crippen LogP contribution in [-0.4, -0.2) is 27.1 Å². The molecule has 1 unspecified atom stereocenters. The first-order valence-corrected chi connectivity index (χ1v) is 4.43. The normalized spacial score (nSPS) is 20.1. The van der Waals surface area contributed by atoms with Crippen molar-refractivity contribution in [1.82, 2.24) is 9.97 Å². The molecule has 5 nitrogen and oxygen atoms in total. The van der Waals surface area contributed by atoms with Gasteiger partial charge in [0.25, 0.3) is 0 Å². The van der Waals surface area contributed by atoms with Crippen molar-refractivity contribution in [2.75, 3.05) is 0 Å².